The fourth-order valence-electron chi connectivity index (χ4n) is 1.76. The molecule has 0 saturated heterocycles. The van der Waals surface area contributed by atoms with Crippen LogP contribution in [-0.2, 0) is 11.3 Å². The number of hydrogen-bond acceptors (Lipinski definition) is 6. The molecule has 0 aromatic carbocycles. The van der Waals surface area contributed by atoms with Gasteiger partial charge in [0.25, 0.3) is 0 Å². The Labute approximate surface area is 125 Å². The fourth-order valence-corrected chi connectivity index (χ4v) is 1.98. The van der Waals surface area contributed by atoms with E-state index in [0.717, 1.165) is 0 Å². The zero-order valence-electron chi connectivity index (χ0n) is 11.7. The second kappa shape index (κ2) is 6.50. The molecule has 2 atom stereocenters. The highest BCUT2D eigenvalue weighted by Gasteiger charge is 2.21. The van der Waals surface area contributed by atoms with E-state index >= 15 is 0 Å². The minimum atomic E-state index is -1.53. The van der Waals surface area contributed by atoms with Crippen LogP contribution in [0.1, 0.15) is 13.8 Å². The molecule has 0 aliphatic carbocycles. The standard InChI is InChI=1S/C12H17ClFN5O2/c1-6(2)21-4-8(20)7(14)3-19-5-16-9-10(13)17-12(15)18-11(9)19/h5-8,20H,3-4H2,1-2H3,(H2,15,17,18). The van der Waals surface area contributed by atoms with Gasteiger partial charge in [0.1, 0.15) is 17.8 Å². The van der Waals surface area contributed by atoms with Crippen molar-refractivity contribution in [2.45, 2.75) is 38.8 Å². The number of halogens is 2. The number of ether oxygens (including phenoxy) is 1. The highest BCUT2D eigenvalue weighted by molar-refractivity contribution is 6.33. The van der Waals surface area contributed by atoms with Gasteiger partial charge in [-0.15, -0.1) is 0 Å². The van der Waals surface area contributed by atoms with Crippen LogP contribution < -0.4 is 5.73 Å². The van der Waals surface area contributed by atoms with E-state index in [1.807, 2.05) is 13.8 Å². The number of imidazole rings is 1. The van der Waals surface area contributed by atoms with E-state index in [9.17, 15) is 9.50 Å². The van der Waals surface area contributed by atoms with Gasteiger partial charge in [-0.3, -0.25) is 0 Å². The Bertz CT molecular complexity index is 621. The van der Waals surface area contributed by atoms with Crippen LogP contribution in [0, 0.1) is 0 Å². The van der Waals surface area contributed by atoms with Crippen molar-refractivity contribution in [3.05, 3.63) is 11.5 Å². The first-order chi connectivity index (χ1) is 9.88. The third-order valence-electron chi connectivity index (χ3n) is 2.83. The van der Waals surface area contributed by atoms with Crippen molar-refractivity contribution in [3.63, 3.8) is 0 Å². The molecule has 0 amide bonds. The van der Waals surface area contributed by atoms with Gasteiger partial charge >= 0.3 is 0 Å². The Morgan fingerprint density at radius 1 is 1.48 bits per heavy atom. The van der Waals surface area contributed by atoms with Crippen molar-refractivity contribution in [3.8, 4) is 0 Å². The first-order valence-electron chi connectivity index (χ1n) is 6.46. The number of nitrogens with two attached hydrogens (primary N) is 1. The average molecular weight is 318 g/mol. The molecule has 2 aromatic rings. The van der Waals surface area contributed by atoms with Gasteiger partial charge in [-0.2, -0.15) is 9.97 Å². The number of nitrogens with zero attached hydrogens (tertiary/aromatic N) is 4. The summed E-state index contributed by atoms with van der Waals surface area (Å²) >= 11 is 5.89. The van der Waals surface area contributed by atoms with Crippen molar-refractivity contribution in [1.82, 2.24) is 19.5 Å². The molecule has 2 aromatic heterocycles. The van der Waals surface area contributed by atoms with Gasteiger partial charge in [-0.1, -0.05) is 11.6 Å². The molecule has 2 heterocycles. The third-order valence-corrected chi connectivity index (χ3v) is 3.09. The molecule has 0 radical (unpaired) electrons. The zero-order chi connectivity index (χ0) is 15.6. The summed E-state index contributed by atoms with van der Waals surface area (Å²) in [7, 11) is 0. The normalized spacial score (nSPS) is 14.8. The number of nitrogen functional groups attached to an aromatic ring is 1. The number of fused-ring (bicyclic) bond motifs is 1. The summed E-state index contributed by atoms with van der Waals surface area (Å²) in [6.07, 6.45) is -1.46. The highest BCUT2D eigenvalue weighted by Crippen LogP contribution is 2.20. The largest absolute Gasteiger partial charge is 0.388 e. The smallest absolute Gasteiger partial charge is 0.223 e. The van der Waals surface area contributed by atoms with Gasteiger partial charge in [0.2, 0.25) is 5.95 Å². The molecule has 0 saturated carbocycles. The third kappa shape index (κ3) is 3.78. The molecule has 9 heteroatoms. The molecule has 0 aliphatic heterocycles. The van der Waals surface area contributed by atoms with Crippen LogP contribution in [0.15, 0.2) is 6.33 Å². The molecular formula is C12H17ClFN5O2. The maximum atomic E-state index is 14.1. The number of rotatable bonds is 6. The highest BCUT2D eigenvalue weighted by atomic mass is 35.5. The number of aliphatic hydroxyl groups is 1. The molecule has 0 spiro atoms. The molecule has 3 N–H and O–H groups in total. The second-order valence-electron chi connectivity index (χ2n) is 4.91. The number of aliphatic hydroxyl groups excluding tert-OH is 1. The average Bonchev–Trinajstić information content (AvgIpc) is 2.79. The van der Waals surface area contributed by atoms with Gasteiger partial charge < -0.3 is 20.1 Å². The van der Waals surface area contributed by atoms with Crippen LogP contribution in [0.3, 0.4) is 0 Å². The number of anilines is 1. The summed E-state index contributed by atoms with van der Waals surface area (Å²) in [4.78, 5) is 11.8. The molecule has 21 heavy (non-hydrogen) atoms. The fraction of sp³-hybridized carbons (Fsp3) is 0.583. The van der Waals surface area contributed by atoms with Gasteiger partial charge in [0.05, 0.1) is 25.6 Å². The molecule has 7 nitrogen and oxygen atoms in total. The lowest BCUT2D eigenvalue weighted by Crippen LogP contribution is -2.31. The van der Waals surface area contributed by atoms with Crippen molar-refractivity contribution in [2.75, 3.05) is 12.3 Å². The van der Waals surface area contributed by atoms with Crippen LogP contribution in [0.4, 0.5) is 10.3 Å². The summed E-state index contributed by atoms with van der Waals surface area (Å²) in [6.45, 7) is 3.41. The van der Waals surface area contributed by atoms with Crippen molar-refractivity contribution < 1.29 is 14.2 Å². The Kier molecular flexibility index (Phi) is 4.92. The lowest BCUT2D eigenvalue weighted by Gasteiger charge is -2.17. The summed E-state index contributed by atoms with van der Waals surface area (Å²) in [6, 6.07) is 0. The Hall–Kier alpha value is -1.51. The maximum absolute atomic E-state index is 14.1. The molecular weight excluding hydrogens is 301 g/mol. The van der Waals surface area contributed by atoms with Crippen LogP contribution in [0.2, 0.25) is 5.15 Å². The molecule has 116 valence electrons. The Morgan fingerprint density at radius 2 is 2.19 bits per heavy atom. The lowest BCUT2D eigenvalue weighted by molar-refractivity contribution is -0.0314. The first kappa shape index (κ1) is 15.9. The summed E-state index contributed by atoms with van der Waals surface area (Å²) in [5.74, 6) is -0.0200. The predicted molar refractivity (Wildman–Crippen MR) is 76.7 cm³/mol. The topological polar surface area (TPSA) is 99.1 Å². The van der Waals surface area contributed by atoms with Gasteiger partial charge in [0, 0.05) is 0 Å². The molecule has 0 bridgehead atoms. The second-order valence-corrected chi connectivity index (χ2v) is 5.27. The molecule has 0 aliphatic rings. The van der Waals surface area contributed by atoms with Crippen LogP contribution in [0.5, 0.6) is 0 Å². The summed E-state index contributed by atoms with van der Waals surface area (Å²) in [5.41, 5.74) is 6.18. The van der Waals surface area contributed by atoms with E-state index in [0.29, 0.717) is 11.2 Å². The SMILES string of the molecule is CC(C)OCC(O)C(F)Cn1cnc2c(Cl)nc(N)nc21. The minimum Gasteiger partial charge on any atom is -0.388 e. The molecule has 2 rings (SSSR count). The Morgan fingerprint density at radius 3 is 2.86 bits per heavy atom. The summed E-state index contributed by atoms with van der Waals surface area (Å²) < 4.78 is 20.7. The first-order valence-corrected chi connectivity index (χ1v) is 6.84. The van der Waals surface area contributed by atoms with Gasteiger partial charge in [-0.05, 0) is 13.8 Å². The van der Waals surface area contributed by atoms with E-state index in [-0.39, 0.29) is 30.4 Å². The van der Waals surface area contributed by atoms with Gasteiger partial charge in [-0.25, -0.2) is 9.37 Å². The van der Waals surface area contributed by atoms with Crippen LogP contribution in [-0.4, -0.2) is 49.6 Å². The summed E-state index contributed by atoms with van der Waals surface area (Å²) in [5, 5.41) is 9.84. The van der Waals surface area contributed by atoms with E-state index in [4.69, 9.17) is 22.1 Å². The number of hydrogen-bond donors (Lipinski definition) is 2. The number of alkyl halides is 1. The van der Waals surface area contributed by atoms with E-state index in [1.165, 1.54) is 10.9 Å². The van der Waals surface area contributed by atoms with Crippen LogP contribution in [0.25, 0.3) is 11.2 Å². The van der Waals surface area contributed by atoms with Crippen molar-refractivity contribution >= 4 is 28.7 Å². The predicted octanol–water partition coefficient (Wildman–Crippen LogP) is 1.19. The van der Waals surface area contributed by atoms with E-state index < -0.39 is 12.3 Å². The molecule has 0 fully saturated rings. The van der Waals surface area contributed by atoms with Crippen molar-refractivity contribution in [2.24, 2.45) is 0 Å². The Balaban J connectivity index is 2.12. The maximum Gasteiger partial charge on any atom is 0.223 e. The van der Waals surface area contributed by atoms with E-state index in [1.54, 1.807) is 0 Å². The zero-order valence-corrected chi connectivity index (χ0v) is 12.5. The quantitative estimate of drug-likeness (QED) is 0.776. The monoisotopic (exact) mass is 317 g/mol. The van der Waals surface area contributed by atoms with Crippen molar-refractivity contribution in [1.29, 1.82) is 0 Å². The molecule has 2 unspecified atom stereocenters. The minimum absolute atomic E-state index is 0.0200. The van der Waals surface area contributed by atoms with Gasteiger partial charge in [0.15, 0.2) is 10.8 Å². The van der Waals surface area contributed by atoms with Crippen LogP contribution >= 0.6 is 11.6 Å². The number of aromatic nitrogens is 4. The lowest BCUT2D eigenvalue weighted by atomic mass is 10.2. The van der Waals surface area contributed by atoms with E-state index in [2.05, 4.69) is 15.0 Å².